The van der Waals surface area contributed by atoms with E-state index in [0.717, 1.165) is 35.8 Å². The average Bonchev–Trinajstić information content (AvgIpc) is 2.70. The Balaban J connectivity index is 1.89. The van der Waals surface area contributed by atoms with Gasteiger partial charge < -0.3 is 9.53 Å². The highest BCUT2D eigenvalue weighted by Gasteiger charge is 2.39. The largest absolute Gasteiger partial charge is 0.466 e. The molecule has 1 heterocycles. The SMILES string of the molecule is CCOC(=O)C[C@@H]1CCN(Cc2ccccc2)[C@H](c2ccc(Br)cc2)[C@H]1C=O. The number of hydrogen-bond donors (Lipinski definition) is 0. The maximum absolute atomic E-state index is 12.2. The fraction of sp³-hybridized carbons (Fsp3) is 0.391. The molecule has 0 unspecified atom stereocenters. The van der Waals surface area contributed by atoms with Gasteiger partial charge in [0, 0.05) is 29.4 Å². The Morgan fingerprint density at radius 2 is 1.89 bits per heavy atom. The van der Waals surface area contributed by atoms with Crippen molar-refractivity contribution in [3.63, 3.8) is 0 Å². The van der Waals surface area contributed by atoms with E-state index in [4.69, 9.17) is 4.74 Å². The quantitative estimate of drug-likeness (QED) is 0.456. The minimum atomic E-state index is -0.247. The van der Waals surface area contributed by atoms with Gasteiger partial charge in [-0.2, -0.15) is 0 Å². The van der Waals surface area contributed by atoms with E-state index in [9.17, 15) is 9.59 Å². The van der Waals surface area contributed by atoms with Crippen molar-refractivity contribution in [2.45, 2.75) is 32.4 Å². The highest BCUT2D eigenvalue weighted by molar-refractivity contribution is 9.10. The van der Waals surface area contributed by atoms with Crippen LogP contribution in [0.5, 0.6) is 0 Å². The van der Waals surface area contributed by atoms with Crippen LogP contribution in [0.4, 0.5) is 0 Å². The normalized spacial score (nSPS) is 22.6. The summed E-state index contributed by atoms with van der Waals surface area (Å²) in [7, 11) is 0. The van der Waals surface area contributed by atoms with Crippen LogP contribution in [-0.2, 0) is 20.9 Å². The van der Waals surface area contributed by atoms with E-state index in [0.29, 0.717) is 13.0 Å². The molecule has 3 rings (SSSR count). The van der Waals surface area contributed by atoms with Crippen molar-refractivity contribution in [2.75, 3.05) is 13.2 Å². The first kappa shape index (κ1) is 20.7. The predicted molar refractivity (Wildman–Crippen MR) is 113 cm³/mol. The lowest BCUT2D eigenvalue weighted by atomic mass is 9.76. The van der Waals surface area contributed by atoms with Crippen LogP contribution in [0.15, 0.2) is 59.1 Å². The van der Waals surface area contributed by atoms with Gasteiger partial charge in [0.25, 0.3) is 0 Å². The van der Waals surface area contributed by atoms with E-state index in [1.54, 1.807) is 0 Å². The molecule has 0 aliphatic carbocycles. The van der Waals surface area contributed by atoms with Crippen molar-refractivity contribution in [3.05, 3.63) is 70.2 Å². The number of rotatable bonds is 7. The molecule has 0 aromatic heterocycles. The van der Waals surface area contributed by atoms with Crippen molar-refractivity contribution in [1.82, 2.24) is 4.90 Å². The molecule has 0 saturated carbocycles. The lowest BCUT2D eigenvalue weighted by Gasteiger charge is -2.43. The lowest BCUT2D eigenvalue weighted by Crippen LogP contribution is -2.44. The van der Waals surface area contributed by atoms with Crippen LogP contribution < -0.4 is 0 Å². The molecular weight excluding hydrogens is 418 g/mol. The molecule has 2 aromatic carbocycles. The molecule has 0 amide bonds. The number of likely N-dealkylation sites (tertiary alicyclic amines) is 1. The third-order valence-electron chi connectivity index (χ3n) is 5.42. The number of ether oxygens (including phenoxy) is 1. The fourth-order valence-corrected chi connectivity index (χ4v) is 4.37. The molecule has 1 aliphatic rings. The summed E-state index contributed by atoms with van der Waals surface area (Å²) in [5.74, 6) is -0.467. The van der Waals surface area contributed by atoms with Gasteiger partial charge in [0.05, 0.1) is 6.61 Å². The summed E-state index contributed by atoms with van der Waals surface area (Å²) in [6, 6.07) is 18.4. The maximum atomic E-state index is 12.2. The summed E-state index contributed by atoms with van der Waals surface area (Å²) in [4.78, 5) is 26.6. The van der Waals surface area contributed by atoms with E-state index < -0.39 is 0 Å². The predicted octanol–water partition coefficient (Wildman–Crippen LogP) is 4.78. The molecule has 2 aromatic rings. The molecule has 1 aliphatic heterocycles. The standard InChI is InChI=1S/C23H26BrNO3/c1-2-28-22(27)14-19-12-13-25(15-17-6-4-3-5-7-17)23(21(19)16-26)18-8-10-20(24)11-9-18/h3-11,16,19,21,23H,2,12-15H2,1H3/t19-,21-,23+/m0/s1. The highest BCUT2D eigenvalue weighted by atomic mass is 79.9. The van der Waals surface area contributed by atoms with Gasteiger partial charge >= 0.3 is 5.97 Å². The molecule has 28 heavy (non-hydrogen) atoms. The van der Waals surface area contributed by atoms with Gasteiger partial charge in [-0.25, -0.2) is 0 Å². The monoisotopic (exact) mass is 443 g/mol. The van der Waals surface area contributed by atoms with Gasteiger partial charge in [0.2, 0.25) is 0 Å². The first-order chi connectivity index (χ1) is 13.6. The summed E-state index contributed by atoms with van der Waals surface area (Å²) in [6.07, 6.45) is 2.14. The number of piperidine rings is 1. The first-order valence-corrected chi connectivity index (χ1v) is 10.6. The minimum Gasteiger partial charge on any atom is -0.466 e. The Labute approximate surface area is 175 Å². The zero-order chi connectivity index (χ0) is 19.9. The van der Waals surface area contributed by atoms with Crippen molar-refractivity contribution >= 4 is 28.2 Å². The van der Waals surface area contributed by atoms with E-state index in [1.807, 2.05) is 37.3 Å². The van der Waals surface area contributed by atoms with Gasteiger partial charge in [-0.15, -0.1) is 0 Å². The minimum absolute atomic E-state index is 0.00257. The molecule has 148 valence electrons. The highest BCUT2D eigenvalue weighted by Crippen LogP contribution is 2.41. The molecule has 1 fully saturated rings. The maximum Gasteiger partial charge on any atom is 0.306 e. The number of benzene rings is 2. The first-order valence-electron chi connectivity index (χ1n) is 9.76. The van der Waals surface area contributed by atoms with Crippen LogP contribution >= 0.6 is 15.9 Å². The molecule has 3 atom stereocenters. The summed E-state index contributed by atoms with van der Waals surface area (Å²) in [6.45, 7) is 3.79. The number of hydrogen-bond acceptors (Lipinski definition) is 4. The molecule has 0 spiro atoms. The van der Waals surface area contributed by atoms with Crippen LogP contribution in [-0.4, -0.2) is 30.3 Å². The number of esters is 1. The summed E-state index contributed by atoms with van der Waals surface area (Å²) < 4.78 is 6.15. The summed E-state index contributed by atoms with van der Waals surface area (Å²) in [5.41, 5.74) is 2.32. The molecular formula is C23H26BrNO3. The topological polar surface area (TPSA) is 46.6 Å². The van der Waals surface area contributed by atoms with E-state index in [2.05, 4.69) is 45.1 Å². The number of halogens is 1. The Morgan fingerprint density at radius 3 is 2.54 bits per heavy atom. The number of aldehydes is 1. The Morgan fingerprint density at radius 1 is 1.18 bits per heavy atom. The molecule has 0 radical (unpaired) electrons. The van der Waals surface area contributed by atoms with Crippen LogP contribution in [0.2, 0.25) is 0 Å². The second-order valence-electron chi connectivity index (χ2n) is 7.22. The number of nitrogens with zero attached hydrogens (tertiary/aromatic N) is 1. The van der Waals surface area contributed by atoms with Crippen molar-refractivity contribution in [2.24, 2.45) is 11.8 Å². The van der Waals surface area contributed by atoms with Crippen LogP contribution in [0.25, 0.3) is 0 Å². The van der Waals surface area contributed by atoms with E-state index in [1.165, 1.54) is 5.56 Å². The lowest BCUT2D eigenvalue weighted by molar-refractivity contribution is -0.146. The molecule has 4 nitrogen and oxygen atoms in total. The van der Waals surface area contributed by atoms with Crippen molar-refractivity contribution < 1.29 is 14.3 Å². The van der Waals surface area contributed by atoms with Gasteiger partial charge in [-0.1, -0.05) is 58.4 Å². The molecule has 5 heteroatoms. The summed E-state index contributed by atoms with van der Waals surface area (Å²) in [5, 5.41) is 0. The molecule has 0 N–H and O–H groups in total. The second kappa shape index (κ2) is 9.99. The number of carbonyl (C=O) groups is 2. The van der Waals surface area contributed by atoms with E-state index in [-0.39, 0.29) is 23.8 Å². The molecule has 1 saturated heterocycles. The fourth-order valence-electron chi connectivity index (χ4n) is 4.11. The third kappa shape index (κ3) is 5.09. The van der Waals surface area contributed by atoms with Gasteiger partial charge in [-0.05, 0) is 49.1 Å². The summed E-state index contributed by atoms with van der Waals surface area (Å²) >= 11 is 3.49. The average molecular weight is 444 g/mol. The Hall–Kier alpha value is -1.98. The van der Waals surface area contributed by atoms with Gasteiger partial charge in [0.1, 0.15) is 6.29 Å². The van der Waals surface area contributed by atoms with Crippen LogP contribution in [0.1, 0.15) is 36.9 Å². The van der Waals surface area contributed by atoms with Crippen LogP contribution in [0, 0.1) is 11.8 Å². The van der Waals surface area contributed by atoms with Crippen LogP contribution in [0.3, 0.4) is 0 Å². The van der Waals surface area contributed by atoms with E-state index >= 15 is 0 Å². The number of carbonyl (C=O) groups excluding carboxylic acids is 2. The second-order valence-corrected chi connectivity index (χ2v) is 8.14. The Kier molecular flexibility index (Phi) is 7.40. The van der Waals surface area contributed by atoms with Crippen molar-refractivity contribution in [1.29, 1.82) is 0 Å². The zero-order valence-corrected chi connectivity index (χ0v) is 17.7. The smallest absolute Gasteiger partial charge is 0.306 e. The molecule has 0 bridgehead atoms. The van der Waals surface area contributed by atoms with Gasteiger partial charge in [-0.3, -0.25) is 9.69 Å². The Bertz CT molecular complexity index is 778. The zero-order valence-electron chi connectivity index (χ0n) is 16.1. The third-order valence-corrected chi connectivity index (χ3v) is 5.95. The van der Waals surface area contributed by atoms with Gasteiger partial charge in [0.15, 0.2) is 0 Å². The van der Waals surface area contributed by atoms with Crippen molar-refractivity contribution in [3.8, 4) is 0 Å².